The highest BCUT2D eigenvalue weighted by molar-refractivity contribution is 6.13. The van der Waals surface area contributed by atoms with E-state index in [2.05, 4.69) is 28.9 Å². The summed E-state index contributed by atoms with van der Waals surface area (Å²) in [6.45, 7) is 1.81. The lowest BCUT2D eigenvalue weighted by molar-refractivity contribution is 0.0994. The van der Waals surface area contributed by atoms with E-state index < -0.39 is 0 Å². The Morgan fingerprint density at radius 2 is 1.83 bits per heavy atom. The lowest BCUT2D eigenvalue weighted by Crippen LogP contribution is -2.25. The van der Waals surface area contributed by atoms with E-state index in [0.717, 1.165) is 42.3 Å². The lowest BCUT2D eigenvalue weighted by atomic mass is 10.1. The standard InChI is InChI=1S/C18H22N4O/c1-20(2)12-7-13-22-15-9-5-4-8-14(15)18(23)21(3)16-10-6-11-19-17(16)22/h4-6,8-11H,7,12-13H2,1-3H3. The third-order valence-electron chi connectivity index (χ3n) is 4.10. The summed E-state index contributed by atoms with van der Waals surface area (Å²) in [5.41, 5.74) is 2.50. The molecule has 120 valence electrons. The van der Waals surface area contributed by atoms with E-state index in [-0.39, 0.29) is 5.91 Å². The van der Waals surface area contributed by atoms with E-state index in [1.807, 2.05) is 43.4 Å². The van der Waals surface area contributed by atoms with E-state index >= 15 is 0 Å². The number of carbonyl (C=O) groups is 1. The number of anilines is 3. The average Bonchev–Trinajstić information content (AvgIpc) is 2.65. The van der Waals surface area contributed by atoms with Gasteiger partial charge >= 0.3 is 0 Å². The van der Waals surface area contributed by atoms with Crippen molar-refractivity contribution in [1.82, 2.24) is 9.88 Å². The van der Waals surface area contributed by atoms with Crippen LogP contribution in [0, 0.1) is 0 Å². The number of pyridine rings is 1. The number of fused-ring (bicyclic) bond motifs is 2. The van der Waals surface area contributed by atoms with Gasteiger partial charge in [-0.2, -0.15) is 0 Å². The largest absolute Gasteiger partial charge is 0.324 e. The van der Waals surface area contributed by atoms with Gasteiger partial charge in [-0.1, -0.05) is 12.1 Å². The summed E-state index contributed by atoms with van der Waals surface area (Å²) in [6.07, 6.45) is 2.78. The van der Waals surface area contributed by atoms with Crippen molar-refractivity contribution < 1.29 is 4.79 Å². The number of hydrogen-bond acceptors (Lipinski definition) is 4. The predicted octanol–water partition coefficient (Wildman–Crippen LogP) is 2.76. The van der Waals surface area contributed by atoms with E-state index in [0.29, 0.717) is 0 Å². The minimum atomic E-state index is 0.00459. The zero-order valence-electron chi connectivity index (χ0n) is 13.9. The molecule has 1 aromatic heterocycles. The van der Waals surface area contributed by atoms with Gasteiger partial charge in [-0.25, -0.2) is 4.98 Å². The van der Waals surface area contributed by atoms with Crippen LogP contribution in [0.25, 0.3) is 0 Å². The Labute approximate surface area is 137 Å². The molecule has 2 heterocycles. The van der Waals surface area contributed by atoms with Crippen LogP contribution in [-0.4, -0.2) is 50.0 Å². The first kappa shape index (κ1) is 15.5. The Kier molecular flexibility index (Phi) is 4.30. The molecule has 1 amide bonds. The number of benzene rings is 1. The maximum absolute atomic E-state index is 12.8. The molecule has 0 aliphatic carbocycles. The topological polar surface area (TPSA) is 39.7 Å². The Morgan fingerprint density at radius 1 is 1.09 bits per heavy atom. The molecule has 0 radical (unpaired) electrons. The molecule has 0 N–H and O–H groups in total. The van der Waals surface area contributed by atoms with E-state index in [4.69, 9.17) is 0 Å². The third-order valence-corrected chi connectivity index (χ3v) is 4.10. The van der Waals surface area contributed by atoms with Gasteiger partial charge in [0.25, 0.3) is 5.91 Å². The second-order valence-corrected chi connectivity index (χ2v) is 6.04. The summed E-state index contributed by atoms with van der Waals surface area (Å²) < 4.78 is 0. The highest BCUT2D eigenvalue weighted by Gasteiger charge is 2.29. The van der Waals surface area contributed by atoms with Crippen LogP contribution in [0.1, 0.15) is 16.8 Å². The van der Waals surface area contributed by atoms with Crippen molar-refractivity contribution in [2.24, 2.45) is 0 Å². The number of nitrogens with zero attached hydrogens (tertiary/aromatic N) is 4. The van der Waals surface area contributed by atoms with Gasteiger partial charge in [0.05, 0.1) is 16.9 Å². The number of amides is 1. The zero-order chi connectivity index (χ0) is 16.4. The minimum Gasteiger partial charge on any atom is -0.324 e. The lowest BCUT2D eigenvalue weighted by Gasteiger charge is -2.25. The molecule has 0 spiro atoms. The van der Waals surface area contributed by atoms with Crippen LogP contribution in [0.4, 0.5) is 17.2 Å². The van der Waals surface area contributed by atoms with Crippen molar-refractivity contribution in [3.05, 3.63) is 48.2 Å². The van der Waals surface area contributed by atoms with Crippen molar-refractivity contribution >= 4 is 23.1 Å². The van der Waals surface area contributed by atoms with E-state index in [1.54, 1.807) is 11.1 Å². The molecule has 0 atom stereocenters. The van der Waals surface area contributed by atoms with Crippen LogP contribution in [0.3, 0.4) is 0 Å². The molecule has 1 aromatic carbocycles. The second kappa shape index (κ2) is 6.38. The molecule has 0 bridgehead atoms. The first-order valence-electron chi connectivity index (χ1n) is 7.84. The van der Waals surface area contributed by atoms with Crippen LogP contribution in [-0.2, 0) is 0 Å². The van der Waals surface area contributed by atoms with Gasteiger partial charge in [-0.3, -0.25) is 4.79 Å². The van der Waals surface area contributed by atoms with Crippen molar-refractivity contribution in [3.63, 3.8) is 0 Å². The number of aromatic nitrogens is 1. The number of hydrogen-bond donors (Lipinski definition) is 0. The molecule has 0 fully saturated rings. The molecule has 2 aromatic rings. The molecule has 0 unspecified atom stereocenters. The zero-order valence-corrected chi connectivity index (χ0v) is 13.9. The molecule has 3 rings (SSSR count). The van der Waals surface area contributed by atoms with E-state index in [1.165, 1.54) is 0 Å². The van der Waals surface area contributed by atoms with Gasteiger partial charge in [0.15, 0.2) is 5.82 Å². The van der Waals surface area contributed by atoms with Crippen LogP contribution in [0.5, 0.6) is 0 Å². The molecule has 5 nitrogen and oxygen atoms in total. The van der Waals surface area contributed by atoms with Crippen LogP contribution >= 0.6 is 0 Å². The van der Waals surface area contributed by atoms with Crippen molar-refractivity contribution in [3.8, 4) is 0 Å². The van der Waals surface area contributed by atoms with Gasteiger partial charge in [0.2, 0.25) is 0 Å². The Balaban J connectivity index is 2.07. The SMILES string of the molecule is CN(C)CCCN1c2ccccc2C(=O)N(C)c2cccnc21. The fourth-order valence-corrected chi connectivity index (χ4v) is 2.92. The Morgan fingerprint density at radius 3 is 2.61 bits per heavy atom. The third kappa shape index (κ3) is 2.92. The fourth-order valence-electron chi connectivity index (χ4n) is 2.92. The van der Waals surface area contributed by atoms with Gasteiger partial charge in [0, 0.05) is 19.8 Å². The molecule has 1 aliphatic rings. The monoisotopic (exact) mass is 310 g/mol. The minimum absolute atomic E-state index is 0.00459. The number of carbonyl (C=O) groups excluding carboxylic acids is 1. The van der Waals surface area contributed by atoms with Gasteiger partial charge in [-0.05, 0) is 51.3 Å². The molecule has 1 aliphatic heterocycles. The Bertz CT molecular complexity index is 714. The molecule has 23 heavy (non-hydrogen) atoms. The van der Waals surface area contributed by atoms with Crippen LogP contribution < -0.4 is 9.80 Å². The molecule has 5 heteroatoms. The van der Waals surface area contributed by atoms with Crippen LogP contribution in [0.15, 0.2) is 42.6 Å². The summed E-state index contributed by atoms with van der Waals surface area (Å²) in [6, 6.07) is 11.6. The maximum Gasteiger partial charge on any atom is 0.260 e. The van der Waals surface area contributed by atoms with Crippen molar-refractivity contribution in [2.45, 2.75) is 6.42 Å². The quantitative estimate of drug-likeness (QED) is 0.870. The maximum atomic E-state index is 12.8. The first-order valence-corrected chi connectivity index (χ1v) is 7.84. The van der Waals surface area contributed by atoms with Crippen molar-refractivity contribution in [2.75, 3.05) is 44.0 Å². The Hall–Kier alpha value is -2.40. The highest BCUT2D eigenvalue weighted by Crippen LogP contribution is 2.38. The summed E-state index contributed by atoms with van der Waals surface area (Å²) in [7, 11) is 5.95. The summed E-state index contributed by atoms with van der Waals surface area (Å²) in [5.74, 6) is 0.844. The molecular formula is C18H22N4O. The molecule has 0 saturated carbocycles. The summed E-state index contributed by atoms with van der Waals surface area (Å²) in [4.78, 5) is 23.4. The smallest absolute Gasteiger partial charge is 0.260 e. The average molecular weight is 310 g/mol. The summed E-state index contributed by atoms with van der Waals surface area (Å²) >= 11 is 0. The van der Waals surface area contributed by atoms with Gasteiger partial charge in [0.1, 0.15) is 0 Å². The predicted molar refractivity (Wildman–Crippen MR) is 93.6 cm³/mol. The van der Waals surface area contributed by atoms with Gasteiger partial charge < -0.3 is 14.7 Å². The summed E-state index contributed by atoms with van der Waals surface area (Å²) in [5, 5.41) is 0. The molecular weight excluding hydrogens is 288 g/mol. The van der Waals surface area contributed by atoms with Gasteiger partial charge in [-0.15, -0.1) is 0 Å². The van der Waals surface area contributed by atoms with E-state index in [9.17, 15) is 4.79 Å². The van der Waals surface area contributed by atoms with Crippen molar-refractivity contribution in [1.29, 1.82) is 0 Å². The normalized spacial score (nSPS) is 13.8. The van der Waals surface area contributed by atoms with Crippen LogP contribution in [0.2, 0.25) is 0 Å². The number of para-hydroxylation sites is 1. The first-order chi connectivity index (χ1) is 11.1. The highest BCUT2D eigenvalue weighted by atomic mass is 16.2. The number of rotatable bonds is 4. The second-order valence-electron chi connectivity index (χ2n) is 6.04. The fraction of sp³-hybridized carbons (Fsp3) is 0.333. The molecule has 0 saturated heterocycles.